The Hall–Kier alpha value is -2.93. The molecule has 8 nitrogen and oxygen atoms in total. The number of aliphatic hydroxyl groups excluding tert-OH is 1. The molecule has 2 aromatic carbocycles. The van der Waals surface area contributed by atoms with Crippen molar-refractivity contribution in [2.45, 2.75) is 30.6 Å². The number of benzene rings is 2. The van der Waals surface area contributed by atoms with Crippen LogP contribution in [0.4, 0.5) is 13.2 Å². The zero-order valence-electron chi connectivity index (χ0n) is 18.7. The largest absolute Gasteiger partial charge is 0.456 e. The number of aromatic nitrogens is 2. The number of rotatable bonds is 4. The van der Waals surface area contributed by atoms with Gasteiger partial charge < -0.3 is 24.3 Å². The molecule has 6 rings (SSSR count). The lowest BCUT2D eigenvalue weighted by molar-refractivity contribution is -0.169. The Balaban J connectivity index is 1.27. The number of aromatic amines is 1. The van der Waals surface area contributed by atoms with Crippen LogP contribution in [0.1, 0.15) is 12.0 Å². The fourth-order valence-corrected chi connectivity index (χ4v) is 6.01. The Labute approximate surface area is 203 Å². The normalized spacial score (nSPS) is 29.3. The fourth-order valence-electron chi connectivity index (χ4n) is 4.86. The van der Waals surface area contributed by atoms with Crippen molar-refractivity contribution >= 4 is 26.4 Å². The van der Waals surface area contributed by atoms with E-state index in [1.165, 1.54) is 0 Å². The molecule has 3 aliphatic rings. The minimum absolute atomic E-state index is 0.0275. The molecule has 12 heteroatoms. The van der Waals surface area contributed by atoms with Crippen LogP contribution in [-0.4, -0.2) is 72.4 Å². The predicted molar refractivity (Wildman–Crippen MR) is 123 cm³/mol. The molecular formula is C24H21F3N2O6S. The van der Waals surface area contributed by atoms with Gasteiger partial charge in [0.1, 0.15) is 17.4 Å². The Morgan fingerprint density at radius 1 is 1.17 bits per heavy atom. The second kappa shape index (κ2) is 8.30. The van der Waals surface area contributed by atoms with E-state index in [-0.39, 0.29) is 52.9 Å². The Bertz CT molecular complexity index is 1490. The number of nitrogens with one attached hydrogen (secondary N) is 1. The minimum atomic E-state index is -3.06. The molecule has 2 N–H and O–H groups in total. The van der Waals surface area contributed by atoms with Crippen LogP contribution in [0.5, 0.6) is 6.01 Å². The van der Waals surface area contributed by atoms with Crippen molar-refractivity contribution in [2.24, 2.45) is 0 Å². The quantitative estimate of drug-likeness (QED) is 0.542. The first-order valence-electron chi connectivity index (χ1n) is 11.3. The molecule has 0 unspecified atom stereocenters. The maximum absolute atomic E-state index is 15.4. The molecule has 4 heterocycles. The summed E-state index contributed by atoms with van der Waals surface area (Å²) < 4.78 is 84.3. The number of ether oxygens (including phenoxy) is 3. The number of nitrogens with zero attached hydrogens (tertiary/aromatic N) is 1. The lowest BCUT2D eigenvalue weighted by atomic mass is 9.98. The number of alkyl halides is 1. The molecule has 0 bridgehead atoms. The summed E-state index contributed by atoms with van der Waals surface area (Å²) in [5, 5.41) is 9.75. The highest BCUT2D eigenvalue weighted by Crippen LogP contribution is 2.40. The van der Waals surface area contributed by atoms with Gasteiger partial charge in [0.05, 0.1) is 35.8 Å². The van der Waals surface area contributed by atoms with E-state index in [0.29, 0.717) is 6.42 Å². The minimum Gasteiger partial charge on any atom is -0.456 e. The highest BCUT2D eigenvalue weighted by molar-refractivity contribution is 7.91. The van der Waals surface area contributed by atoms with Gasteiger partial charge in [-0.1, -0.05) is 30.3 Å². The van der Waals surface area contributed by atoms with Gasteiger partial charge in [0.15, 0.2) is 27.9 Å². The molecule has 36 heavy (non-hydrogen) atoms. The van der Waals surface area contributed by atoms with E-state index in [1.807, 2.05) is 0 Å². The van der Waals surface area contributed by atoms with Crippen LogP contribution in [0.3, 0.4) is 0 Å². The lowest BCUT2D eigenvalue weighted by Gasteiger charge is -2.20. The third-order valence-corrected chi connectivity index (χ3v) is 8.30. The number of halogens is 3. The van der Waals surface area contributed by atoms with Crippen LogP contribution >= 0.6 is 0 Å². The predicted octanol–water partition coefficient (Wildman–Crippen LogP) is 2.91. The topological polar surface area (TPSA) is 111 Å². The number of sulfone groups is 1. The monoisotopic (exact) mass is 522 g/mol. The zero-order chi connectivity index (χ0) is 25.2. The van der Waals surface area contributed by atoms with E-state index in [4.69, 9.17) is 14.2 Å². The van der Waals surface area contributed by atoms with Crippen LogP contribution < -0.4 is 4.74 Å². The van der Waals surface area contributed by atoms with E-state index < -0.39 is 45.6 Å². The smallest absolute Gasteiger partial charge is 0.295 e. The van der Waals surface area contributed by atoms with Gasteiger partial charge in [0, 0.05) is 6.07 Å². The fraction of sp³-hybridized carbons (Fsp3) is 0.375. The van der Waals surface area contributed by atoms with Gasteiger partial charge in [-0.2, -0.15) is 4.98 Å². The number of aliphatic hydroxyl groups is 1. The van der Waals surface area contributed by atoms with Crippen molar-refractivity contribution in [1.82, 2.24) is 9.97 Å². The average Bonchev–Trinajstić information content (AvgIpc) is 3.48. The number of H-pyrrole nitrogens is 1. The van der Waals surface area contributed by atoms with Crippen LogP contribution in [0.15, 0.2) is 36.4 Å². The lowest BCUT2D eigenvalue weighted by Crippen LogP contribution is -2.43. The molecule has 0 saturated carbocycles. The van der Waals surface area contributed by atoms with Gasteiger partial charge in [-0.05, 0) is 23.1 Å². The summed E-state index contributed by atoms with van der Waals surface area (Å²) in [6.45, 7) is -0.467. The molecule has 0 spiro atoms. The van der Waals surface area contributed by atoms with Crippen LogP contribution in [-0.2, 0) is 19.3 Å². The number of allylic oxidation sites excluding steroid dienone is 1. The Morgan fingerprint density at radius 2 is 1.92 bits per heavy atom. The number of fused-ring (bicyclic) bond motifs is 2. The molecule has 1 aromatic heterocycles. The average molecular weight is 523 g/mol. The van der Waals surface area contributed by atoms with Crippen LogP contribution in [0.25, 0.3) is 27.7 Å². The molecule has 190 valence electrons. The third-order valence-electron chi connectivity index (χ3n) is 6.80. The first kappa shape index (κ1) is 23.5. The second-order valence-corrected chi connectivity index (χ2v) is 11.3. The third kappa shape index (κ3) is 3.79. The van der Waals surface area contributed by atoms with Crippen molar-refractivity contribution in [3.63, 3.8) is 0 Å². The zero-order valence-corrected chi connectivity index (χ0v) is 19.5. The summed E-state index contributed by atoms with van der Waals surface area (Å²) in [6, 6.07) is 7.45. The van der Waals surface area contributed by atoms with Crippen molar-refractivity contribution < 1.29 is 40.9 Å². The van der Waals surface area contributed by atoms with E-state index in [2.05, 4.69) is 9.97 Å². The Morgan fingerprint density at radius 3 is 2.64 bits per heavy atom. The first-order valence-corrected chi connectivity index (χ1v) is 13.1. The van der Waals surface area contributed by atoms with E-state index in [0.717, 1.165) is 17.2 Å². The first-order chi connectivity index (χ1) is 17.1. The molecular weight excluding hydrogens is 501 g/mol. The molecule has 0 amide bonds. The molecule has 4 atom stereocenters. The van der Waals surface area contributed by atoms with Crippen molar-refractivity contribution in [3.8, 4) is 17.1 Å². The second-order valence-electron chi connectivity index (χ2n) is 9.09. The van der Waals surface area contributed by atoms with Crippen molar-refractivity contribution in [2.75, 3.05) is 24.7 Å². The molecule has 3 aliphatic heterocycles. The standard InChI is InChI=1S/C24H21F3N2O6S/c25-15-9-16-21(29-23(28-16)35-17-10-34-24(27)18(30)11-33-22(17)24)20(26)19(15)14-3-1-12(2-4-14)13-5-7-36(31,32)8-6-13/h1-5,9,17-18,22,30H,6-8,10-11H2,(H,28,29)/t17-,18-,22-,24-/m1/s1. The van der Waals surface area contributed by atoms with Crippen molar-refractivity contribution in [1.29, 1.82) is 0 Å². The number of imidazole rings is 1. The molecule has 0 radical (unpaired) electrons. The van der Waals surface area contributed by atoms with Gasteiger partial charge in [-0.15, -0.1) is 0 Å². The number of hydrogen-bond donors (Lipinski definition) is 2. The highest BCUT2D eigenvalue weighted by atomic mass is 32.2. The molecule has 2 fully saturated rings. The highest BCUT2D eigenvalue weighted by Gasteiger charge is 2.62. The van der Waals surface area contributed by atoms with Crippen molar-refractivity contribution in [3.05, 3.63) is 53.6 Å². The maximum Gasteiger partial charge on any atom is 0.295 e. The van der Waals surface area contributed by atoms with Crippen LogP contribution in [0, 0.1) is 11.6 Å². The summed E-state index contributed by atoms with van der Waals surface area (Å²) in [5.41, 5.74) is 1.54. The van der Waals surface area contributed by atoms with Gasteiger partial charge in [0.2, 0.25) is 0 Å². The van der Waals surface area contributed by atoms with Gasteiger partial charge in [-0.3, -0.25) is 0 Å². The molecule has 2 saturated heterocycles. The summed E-state index contributed by atoms with van der Waals surface area (Å²) in [6.07, 6.45) is -1.54. The SMILES string of the molecule is O=S1(=O)CC=C(c2ccc(-c3c(F)cc4[nH]c(O[C@@H]5CO[C@]6(F)[C@H](O)CO[C@H]56)nc4c3F)cc2)CC1. The summed E-state index contributed by atoms with van der Waals surface area (Å²) in [4.78, 5) is 6.76. The molecule has 0 aliphatic carbocycles. The molecule has 3 aromatic rings. The summed E-state index contributed by atoms with van der Waals surface area (Å²) in [7, 11) is -3.06. The van der Waals surface area contributed by atoms with E-state index in [9.17, 15) is 22.3 Å². The summed E-state index contributed by atoms with van der Waals surface area (Å²) in [5.74, 6) is -4.08. The summed E-state index contributed by atoms with van der Waals surface area (Å²) >= 11 is 0. The van der Waals surface area contributed by atoms with Gasteiger partial charge >= 0.3 is 0 Å². The van der Waals surface area contributed by atoms with Gasteiger partial charge in [-0.25, -0.2) is 21.6 Å². The Kier molecular flexibility index (Phi) is 5.41. The van der Waals surface area contributed by atoms with Gasteiger partial charge in [0.25, 0.3) is 11.9 Å². The van der Waals surface area contributed by atoms with Crippen LogP contribution in [0.2, 0.25) is 0 Å². The van der Waals surface area contributed by atoms with E-state index in [1.54, 1.807) is 30.3 Å². The number of hydrogen-bond acceptors (Lipinski definition) is 7. The maximum atomic E-state index is 15.4. The van der Waals surface area contributed by atoms with E-state index >= 15 is 4.39 Å².